The number of carbonyl (C=O) groups is 1. The largest absolute Gasteiger partial charge is 0.496 e. The number of amides is 1. The first-order chi connectivity index (χ1) is 8.95. The number of hydrogen-bond donors (Lipinski definition) is 1. The number of hydrogen-bond acceptors (Lipinski definition) is 4. The van der Waals surface area contributed by atoms with Gasteiger partial charge in [0.25, 0.3) is 5.91 Å². The van der Waals surface area contributed by atoms with Gasteiger partial charge in [-0.15, -0.1) is 0 Å². The van der Waals surface area contributed by atoms with Crippen molar-refractivity contribution in [1.29, 1.82) is 5.26 Å². The predicted molar refractivity (Wildman–Crippen MR) is 71.3 cm³/mol. The number of benzene rings is 1. The second-order valence-electron chi connectivity index (χ2n) is 4.72. The normalized spacial score (nSPS) is 10.5. The van der Waals surface area contributed by atoms with Crippen molar-refractivity contribution in [1.82, 2.24) is 5.32 Å². The molecule has 0 aliphatic rings. The zero-order chi connectivity index (χ0) is 14.5. The lowest BCUT2D eigenvalue weighted by Gasteiger charge is -2.17. The maximum atomic E-state index is 12.2. The maximum absolute atomic E-state index is 12.2. The van der Waals surface area contributed by atoms with Crippen molar-refractivity contribution >= 4 is 5.91 Å². The van der Waals surface area contributed by atoms with Crippen molar-refractivity contribution in [3.63, 3.8) is 0 Å². The van der Waals surface area contributed by atoms with Crippen molar-refractivity contribution in [2.75, 3.05) is 20.8 Å². The van der Waals surface area contributed by atoms with Crippen LogP contribution in [0.4, 0.5) is 0 Å². The molecule has 0 atom stereocenters. The summed E-state index contributed by atoms with van der Waals surface area (Å²) >= 11 is 0. The van der Waals surface area contributed by atoms with E-state index in [1.165, 1.54) is 14.2 Å². The van der Waals surface area contributed by atoms with Crippen LogP contribution in [0.1, 0.15) is 24.2 Å². The van der Waals surface area contributed by atoms with E-state index >= 15 is 0 Å². The molecule has 0 saturated carbocycles. The molecule has 0 saturated heterocycles. The van der Waals surface area contributed by atoms with Crippen LogP contribution in [0.5, 0.6) is 11.5 Å². The molecule has 1 aromatic rings. The van der Waals surface area contributed by atoms with Crippen LogP contribution in [0.15, 0.2) is 18.2 Å². The molecular weight excluding hydrogens is 244 g/mol. The first kappa shape index (κ1) is 14.8. The number of nitrogens with zero attached hydrogens (tertiary/aromatic N) is 1. The molecular formula is C14H18N2O3. The molecule has 0 aromatic heterocycles. The third-order valence-corrected chi connectivity index (χ3v) is 2.65. The molecule has 0 radical (unpaired) electrons. The van der Waals surface area contributed by atoms with Gasteiger partial charge in [-0.2, -0.15) is 5.26 Å². The lowest BCUT2D eigenvalue weighted by atomic mass is 9.96. The fourth-order valence-corrected chi connectivity index (χ4v) is 1.50. The predicted octanol–water partition coefficient (Wildman–Crippen LogP) is 1.98. The van der Waals surface area contributed by atoms with Crippen molar-refractivity contribution in [3.05, 3.63) is 23.8 Å². The number of methoxy groups -OCH3 is 2. The zero-order valence-corrected chi connectivity index (χ0v) is 11.6. The Labute approximate surface area is 113 Å². The number of nitriles is 1. The van der Waals surface area contributed by atoms with E-state index in [0.717, 1.165) is 0 Å². The summed E-state index contributed by atoms with van der Waals surface area (Å²) in [6.45, 7) is 3.77. The highest BCUT2D eigenvalue weighted by Gasteiger charge is 2.22. The third-order valence-electron chi connectivity index (χ3n) is 2.65. The quantitative estimate of drug-likeness (QED) is 0.880. The standard InChI is InChI=1S/C14H18N2O3/c1-14(2,8-15)9-16-13(17)12-10(18-3)6-5-7-11(12)19-4/h5-7H,9H2,1-4H3,(H,16,17). The highest BCUT2D eigenvalue weighted by molar-refractivity contribution is 5.99. The minimum Gasteiger partial charge on any atom is -0.496 e. The molecule has 0 fully saturated rings. The molecule has 102 valence electrons. The fourth-order valence-electron chi connectivity index (χ4n) is 1.50. The van der Waals surface area contributed by atoms with Gasteiger partial charge in [0.05, 0.1) is 25.7 Å². The molecule has 1 amide bonds. The first-order valence-corrected chi connectivity index (χ1v) is 5.85. The van der Waals surface area contributed by atoms with Crippen molar-refractivity contribution < 1.29 is 14.3 Å². The summed E-state index contributed by atoms with van der Waals surface area (Å²) in [4.78, 5) is 12.2. The Hall–Kier alpha value is -2.22. The molecule has 0 unspecified atom stereocenters. The summed E-state index contributed by atoms with van der Waals surface area (Å²) in [6.07, 6.45) is 0. The molecule has 5 nitrogen and oxygen atoms in total. The summed E-state index contributed by atoms with van der Waals surface area (Å²) < 4.78 is 10.3. The first-order valence-electron chi connectivity index (χ1n) is 5.85. The Balaban J connectivity index is 2.97. The number of rotatable bonds is 5. The summed E-state index contributed by atoms with van der Waals surface area (Å²) in [6, 6.07) is 7.25. The number of nitrogens with one attached hydrogen (secondary N) is 1. The topological polar surface area (TPSA) is 71.3 Å². The Bertz CT molecular complexity index is 482. The van der Waals surface area contributed by atoms with Crippen molar-refractivity contribution in [3.8, 4) is 17.6 Å². The molecule has 0 heterocycles. The second kappa shape index (κ2) is 6.10. The van der Waals surface area contributed by atoms with Gasteiger partial charge in [0.15, 0.2) is 0 Å². The summed E-state index contributed by atoms with van der Waals surface area (Å²) in [7, 11) is 2.98. The molecule has 5 heteroatoms. The van der Waals surface area contributed by atoms with Gasteiger partial charge in [0.1, 0.15) is 17.1 Å². The summed E-state index contributed by atoms with van der Waals surface area (Å²) in [5.41, 5.74) is -0.286. The highest BCUT2D eigenvalue weighted by Crippen LogP contribution is 2.28. The van der Waals surface area contributed by atoms with Crippen LogP contribution >= 0.6 is 0 Å². The van der Waals surface area contributed by atoms with Gasteiger partial charge < -0.3 is 14.8 Å². The van der Waals surface area contributed by atoms with Gasteiger partial charge in [0, 0.05) is 6.54 Å². The zero-order valence-electron chi connectivity index (χ0n) is 11.6. The number of ether oxygens (including phenoxy) is 2. The van der Waals surface area contributed by atoms with Crippen molar-refractivity contribution in [2.45, 2.75) is 13.8 Å². The van der Waals surface area contributed by atoms with Crippen LogP contribution < -0.4 is 14.8 Å². The summed E-state index contributed by atoms with van der Waals surface area (Å²) in [5.74, 6) is 0.552. The molecule has 1 aromatic carbocycles. The lowest BCUT2D eigenvalue weighted by Crippen LogP contribution is -2.33. The molecule has 0 bridgehead atoms. The van der Waals surface area contributed by atoms with Gasteiger partial charge in [-0.1, -0.05) is 6.07 Å². The minimum atomic E-state index is -0.620. The van der Waals surface area contributed by atoms with Crippen LogP contribution in [-0.4, -0.2) is 26.7 Å². The van der Waals surface area contributed by atoms with Gasteiger partial charge in [0.2, 0.25) is 0 Å². The van der Waals surface area contributed by atoms with E-state index in [4.69, 9.17) is 14.7 Å². The Kier molecular flexibility index (Phi) is 4.76. The molecule has 0 aliphatic carbocycles. The van der Waals surface area contributed by atoms with Gasteiger partial charge in [-0.3, -0.25) is 4.79 Å². The smallest absolute Gasteiger partial charge is 0.258 e. The SMILES string of the molecule is COc1cccc(OC)c1C(=O)NCC(C)(C)C#N. The minimum absolute atomic E-state index is 0.254. The molecule has 0 spiro atoms. The van der Waals surface area contributed by atoms with Crippen LogP contribution in [0.2, 0.25) is 0 Å². The van der Waals surface area contributed by atoms with Crippen LogP contribution in [0.25, 0.3) is 0 Å². The molecule has 1 rings (SSSR count). The average Bonchev–Trinajstić information content (AvgIpc) is 2.43. The van der Waals surface area contributed by atoms with E-state index < -0.39 is 5.41 Å². The fraction of sp³-hybridized carbons (Fsp3) is 0.429. The van der Waals surface area contributed by atoms with Crippen LogP contribution in [-0.2, 0) is 0 Å². The Morgan fingerprint density at radius 3 is 2.26 bits per heavy atom. The van der Waals surface area contributed by atoms with E-state index in [0.29, 0.717) is 17.1 Å². The maximum Gasteiger partial charge on any atom is 0.258 e. The van der Waals surface area contributed by atoms with Gasteiger partial charge in [-0.25, -0.2) is 0 Å². The Morgan fingerprint density at radius 1 is 1.32 bits per heavy atom. The summed E-state index contributed by atoms with van der Waals surface area (Å²) in [5, 5.41) is 11.6. The number of carbonyl (C=O) groups excluding carboxylic acids is 1. The highest BCUT2D eigenvalue weighted by atomic mass is 16.5. The second-order valence-corrected chi connectivity index (χ2v) is 4.72. The average molecular weight is 262 g/mol. The third kappa shape index (κ3) is 3.62. The lowest BCUT2D eigenvalue weighted by molar-refractivity contribution is 0.0937. The molecule has 19 heavy (non-hydrogen) atoms. The Morgan fingerprint density at radius 2 is 1.84 bits per heavy atom. The van der Waals surface area contributed by atoms with E-state index in [2.05, 4.69) is 11.4 Å². The van der Waals surface area contributed by atoms with Gasteiger partial charge >= 0.3 is 0 Å². The van der Waals surface area contributed by atoms with E-state index in [9.17, 15) is 4.79 Å². The van der Waals surface area contributed by atoms with E-state index in [-0.39, 0.29) is 12.5 Å². The van der Waals surface area contributed by atoms with Crippen molar-refractivity contribution in [2.24, 2.45) is 5.41 Å². The monoisotopic (exact) mass is 262 g/mol. The van der Waals surface area contributed by atoms with E-state index in [1.54, 1.807) is 32.0 Å². The van der Waals surface area contributed by atoms with E-state index in [1.807, 2.05) is 0 Å². The van der Waals surface area contributed by atoms with Crippen LogP contribution in [0.3, 0.4) is 0 Å². The van der Waals surface area contributed by atoms with Gasteiger partial charge in [-0.05, 0) is 26.0 Å². The molecule has 0 aliphatic heterocycles. The van der Waals surface area contributed by atoms with Crippen LogP contribution in [0, 0.1) is 16.7 Å². The molecule has 1 N–H and O–H groups in total.